The van der Waals surface area contributed by atoms with Gasteiger partial charge in [0.25, 0.3) is 11.8 Å². The number of rotatable bonds is 25. The quantitative estimate of drug-likeness (QED) is 0.0748. The average Bonchev–Trinajstić information content (AvgIpc) is 3.91. The lowest BCUT2D eigenvalue weighted by Crippen LogP contribution is -2.36. The fraction of sp³-hybridized carbons (Fsp3) is 0.500. The van der Waals surface area contributed by atoms with Gasteiger partial charge in [-0.2, -0.15) is 0 Å². The number of carbonyl (C=O) groups is 3. The number of nitrogens with zero attached hydrogens (tertiary/aromatic N) is 5. The standard InChI is InChI=1S/C50H64N6O12/c1-6-33-19-37-27-51-42-25-46(44(62-4)23-40(42)49(59)55(37)29-33)67-31-35-21-39(66-14-12-54(10-8-9-48(57)58)11-13-64-17-18-65-16-15-61-3)22-36(53-35)32-68-47-26-43-41(24-45(47)63-5)50(60)56-30-34(7-2)20-38(56)28-52-43/h6-7,21-27,37-38,52H,8-20,28-32H2,1-5H3,(H,57,58)/b33-6+,34-7+/t37-,38-/m0/s1. The molecule has 1 aromatic heterocycles. The van der Waals surface area contributed by atoms with Crippen molar-refractivity contribution in [3.8, 4) is 28.7 Å². The molecule has 7 rings (SSSR count). The van der Waals surface area contributed by atoms with Gasteiger partial charge in [0.15, 0.2) is 23.0 Å². The van der Waals surface area contributed by atoms with Crippen molar-refractivity contribution in [2.45, 2.75) is 64.8 Å². The van der Waals surface area contributed by atoms with E-state index in [1.807, 2.05) is 29.9 Å². The number of benzene rings is 2. The summed E-state index contributed by atoms with van der Waals surface area (Å²) in [6, 6.07) is 10.4. The van der Waals surface area contributed by atoms with Crippen LogP contribution in [-0.2, 0) is 32.2 Å². The lowest BCUT2D eigenvalue weighted by Gasteiger charge is -2.22. The van der Waals surface area contributed by atoms with Crippen molar-refractivity contribution in [2.75, 3.05) is 106 Å². The maximum absolute atomic E-state index is 13.8. The predicted octanol–water partition coefficient (Wildman–Crippen LogP) is 5.95. The summed E-state index contributed by atoms with van der Waals surface area (Å²) in [6.45, 7) is 9.99. The van der Waals surface area contributed by atoms with Crippen LogP contribution in [0.5, 0.6) is 28.7 Å². The molecule has 2 saturated heterocycles. The summed E-state index contributed by atoms with van der Waals surface area (Å²) >= 11 is 0. The van der Waals surface area contributed by atoms with E-state index in [0.29, 0.717) is 141 Å². The highest BCUT2D eigenvalue weighted by atomic mass is 16.5. The number of allylic oxidation sites excluding steroid dienone is 2. The van der Waals surface area contributed by atoms with E-state index in [-0.39, 0.29) is 50.1 Å². The Morgan fingerprint density at radius 3 is 2.07 bits per heavy atom. The van der Waals surface area contributed by atoms with E-state index in [1.54, 1.807) is 50.6 Å². The van der Waals surface area contributed by atoms with Crippen LogP contribution in [0.15, 0.2) is 64.7 Å². The molecule has 0 unspecified atom stereocenters. The fourth-order valence-corrected chi connectivity index (χ4v) is 8.65. The van der Waals surface area contributed by atoms with Crippen LogP contribution < -0.4 is 29.0 Å². The van der Waals surface area contributed by atoms with Gasteiger partial charge in [0, 0.05) is 76.7 Å². The molecule has 5 heterocycles. The molecule has 0 saturated carbocycles. The van der Waals surface area contributed by atoms with Gasteiger partial charge in [-0.25, -0.2) is 0 Å². The Balaban J connectivity index is 1.08. The Labute approximate surface area is 397 Å². The van der Waals surface area contributed by atoms with Gasteiger partial charge < -0.3 is 58.1 Å². The molecule has 3 aromatic rings. The number of fused-ring (bicyclic) bond motifs is 4. The summed E-state index contributed by atoms with van der Waals surface area (Å²) in [5.74, 6) is 1.09. The lowest BCUT2D eigenvalue weighted by atomic mass is 10.1. The van der Waals surface area contributed by atoms with Gasteiger partial charge in [0.1, 0.15) is 25.6 Å². The third-order valence-corrected chi connectivity index (χ3v) is 12.4. The molecule has 2 N–H and O–H groups in total. The number of carbonyl (C=O) groups excluding carboxylic acids is 2. The first-order valence-electron chi connectivity index (χ1n) is 23.2. The van der Waals surface area contributed by atoms with Gasteiger partial charge in [0.2, 0.25) is 0 Å². The first-order chi connectivity index (χ1) is 33.1. The van der Waals surface area contributed by atoms with Gasteiger partial charge in [-0.15, -0.1) is 0 Å². The molecule has 366 valence electrons. The first kappa shape index (κ1) is 49.7. The second kappa shape index (κ2) is 24.2. The summed E-state index contributed by atoms with van der Waals surface area (Å²) in [5.41, 5.74) is 5.60. The molecule has 18 heteroatoms. The molecule has 0 radical (unpaired) electrons. The Morgan fingerprint density at radius 1 is 0.750 bits per heavy atom. The minimum Gasteiger partial charge on any atom is -0.493 e. The van der Waals surface area contributed by atoms with Crippen LogP contribution in [0.4, 0.5) is 11.4 Å². The third kappa shape index (κ3) is 12.7. The van der Waals surface area contributed by atoms with Gasteiger partial charge in [-0.05, 0) is 51.8 Å². The second-order valence-corrected chi connectivity index (χ2v) is 16.9. The highest BCUT2D eigenvalue weighted by molar-refractivity contribution is 6.04. The molecular formula is C50H64N6O12. The molecule has 0 aliphatic carbocycles. The Bertz CT molecular complexity index is 2350. The predicted molar refractivity (Wildman–Crippen MR) is 254 cm³/mol. The number of anilines is 1. The number of carboxylic acid groups (broad SMARTS) is 1. The van der Waals surface area contributed by atoms with Crippen molar-refractivity contribution in [1.82, 2.24) is 19.7 Å². The van der Waals surface area contributed by atoms with Crippen molar-refractivity contribution >= 4 is 35.4 Å². The van der Waals surface area contributed by atoms with Crippen LogP contribution in [0.25, 0.3) is 0 Å². The van der Waals surface area contributed by atoms with Crippen molar-refractivity contribution in [3.63, 3.8) is 0 Å². The lowest BCUT2D eigenvalue weighted by molar-refractivity contribution is -0.137. The van der Waals surface area contributed by atoms with Gasteiger partial charge in [0.05, 0.1) is 93.2 Å². The fourth-order valence-electron chi connectivity index (χ4n) is 8.65. The Kier molecular flexibility index (Phi) is 17.7. The number of ether oxygens (including phenoxy) is 8. The highest BCUT2D eigenvalue weighted by Gasteiger charge is 2.37. The van der Waals surface area contributed by atoms with Crippen molar-refractivity contribution in [3.05, 3.63) is 82.2 Å². The van der Waals surface area contributed by atoms with E-state index >= 15 is 0 Å². The molecule has 2 fully saturated rings. The summed E-state index contributed by atoms with van der Waals surface area (Å²) in [5, 5.41) is 12.8. The minimum absolute atomic E-state index is 0.00501. The molecule has 4 aliphatic rings. The Morgan fingerprint density at radius 2 is 1.38 bits per heavy atom. The molecule has 2 atom stereocenters. The van der Waals surface area contributed by atoms with Crippen LogP contribution in [0.3, 0.4) is 0 Å². The molecule has 0 bridgehead atoms. The number of aliphatic carboxylic acids is 1. The number of aliphatic imine (C=N–C) groups is 1. The number of amides is 2. The minimum atomic E-state index is -0.850. The number of methoxy groups -OCH3 is 3. The number of nitrogens with one attached hydrogen (secondary N) is 1. The largest absolute Gasteiger partial charge is 0.493 e. The van der Waals surface area contributed by atoms with Gasteiger partial charge in [-0.1, -0.05) is 23.3 Å². The molecule has 2 amide bonds. The number of hydrogen-bond acceptors (Lipinski definition) is 15. The van der Waals surface area contributed by atoms with Crippen LogP contribution in [0, 0.1) is 0 Å². The van der Waals surface area contributed by atoms with E-state index in [9.17, 15) is 19.5 Å². The Hall–Kier alpha value is -6.21. The molecule has 0 spiro atoms. The van der Waals surface area contributed by atoms with Gasteiger partial charge in [-0.3, -0.25) is 29.3 Å². The zero-order valence-corrected chi connectivity index (χ0v) is 39.8. The summed E-state index contributed by atoms with van der Waals surface area (Å²) in [4.78, 5) is 54.3. The summed E-state index contributed by atoms with van der Waals surface area (Å²) in [7, 11) is 4.69. The third-order valence-electron chi connectivity index (χ3n) is 12.4. The molecule has 18 nitrogen and oxygen atoms in total. The van der Waals surface area contributed by atoms with Crippen LogP contribution in [0.1, 0.15) is 71.6 Å². The summed E-state index contributed by atoms with van der Waals surface area (Å²) < 4.78 is 46.9. The average molecular weight is 941 g/mol. The van der Waals surface area contributed by atoms with E-state index in [4.69, 9.17) is 47.9 Å². The van der Waals surface area contributed by atoms with E-state index in [0.717, 1.165) is 12.8 Å². The number of carboxylic acids is 1. The second-order valence-electron chi connectivity index (χ2n) is 16.9. The number of pyridine rings is 1. The maximum Gasteiger partial charge on any atom is 0.303 e. The van der Waals surface area contributed by atoms with Crippen LogP contribution >= 0.6 is 0 Å². The summed E-state index contributed by atoms with van der Waals surface area (Å²) in [6.07, 6.45) is 8.05. The zero-order valence-electron chi connectivity index (χ0n) is 39.8. The number of hydrogen-bond donors (Lipinski definition) is 2. The highest BCUT2D eigenvalue weighted by Crippen LogP contribution is 2.40. The van der Waals surface area contributed by atoms with Crippen LogP contribution in [0.2, 0.25) is 0 Å². The normalized spacial score (nSPS) is 18.5. The first-order valence-corrected chi connectivity index (χ1v) is 23.2. The van der Waals surface area contributed by atoms with Crippen molar-refractivity contribution in [2.24, 2.45) is 4.99 Å². The maximum atomic E-state index is 13.8. The molecular weight excluding hydrogens is 877 g/mol. The zero-order chi connectivity index (χ0) is 48.0. The number of aromatic nitrogens is 1. The van der Waals surface area contributed by atoms with Crippen molar-refractivity contribution in [1.29, 1.82) is 0 Å². The molecule has 2 aromatic carbocycles. The van der Waals surface area contributed by atoms with Crippen LogP contribution in [-0.4, -0.2) is 161 Å². The van der Waals surface area contributed by atoms with Gasteiger partial charge >= 0.3 is 5.97 Å². The SMILES string of the molecule is C/C=C1\C[C@H]2CNc3cc(OCc4cc(OCCN(CCCC(=O)O)CCOCCOCCOC)cc(COc5cc6c(cc5OC)C(=O)N5C/C(=C/C)C[C@H]5C=N6)n4)c(OC)cc3C(=O)N2C1. The monoisotopic (exact) mass is 940 g/mol. The molecule has 4 aliphatic heterocycles. The smallest absolute Gasteiger partial charge is 0.303 e. The van der Waals surface area contributed by atoms with Crippen molar-refractivity contribution < 1.29 is 57.4 Å². The van der Waals surface area contributed by atoms with E-state index in [1.165, 1.54) is 18.3 Å². The molecule has 68 heavy (non-hydrogen) atoms. The van der Waals surface area contributed by atoms with E-state index in [2.05, 4.69) is 22.4 Å². The van der Waals surface area contributed by atoms with E-state index < -0.39 is 5.97 Å². The topological polar surface area (TPSA) is 192 Å².